The van der Waals surface area contributed by atoms with Gasteiger partial charge in [-0.05, 0) is 19.0 Å². The summed E-state index contributed by atoms with van der Waals surface area (Å²) in [5.74, 6) is 0.962. The molecule has 1 aliphatic heterocycles. The number of nitrogens with one attached hydrogen (secondary N) is 1. The van der Waals surface area contributed by atoms with Crippen molar-refractivity contribution in [3.05, 3.63) is 12.3 Å². The first-order valence-electron chi connectivity index (χ1n) is 2.86. The first-order valence-corrected chi connectivity index (χ1v) is 2.86. The zero-order valence-corrected chi connectivity index (χ0v) is 4.85. The quantitative estimate of drug-likeness (QED) is 0.516. The van der Waals surface area contributed by atoms with E-state index in [1.165, 1.54) is 0 Å². The summed E-state index contributed by atoms with van der Waals surface area (Å²) in [6.45, 7) is 5.49. The van der Waals surface area contributed by atoms with E-state index in [0.29, 0.717) is 11.7 Å². The van der Waals surface area contributed by atoms with Crippen LogP contribution >= 0.6 is 0 Å². The van der Waals surface area contributed by atoms with Crippen LogP contribution < -0.4 is 5.32 Å². The molecule has 0 aromatic heterocycles. The molecule has 0 amide bonds. The molecule has 1 aliphatic rings. The van der Waals surface area contributed by atoms with Gasteiger partial charge in [0.2, 0.25) is 0 Å². The predicted molar refractivity (Wildman–Crippen MR) is 32.7 cm³/mol. The van der Waals surface area contributed by atoms with E-state index in [1.807, 2.05) is 0 Å². The van der Waals surface area contributed by atoms with Gasteiger partial charge in [-0.2, -0.15) is 0 Å². The standard InChI is InChI=1S/C6H11NO/c1-5(8)2-6-3-7-4-6/h6-8H,1-4H2. The lowest BCUT2D eigenvalue weighted by Gasteiger charge is -2.26. The lowest BCUT2D eigenvalue weighted by atomic mass is 9.99. The summed E-state index contributed by atoms with van der Waals surface area (Å²) in [6.07, 6.45) is 0.771. The monoisotopic (exact) mass is 113 g/mol. The molecular formula is C6H11NO. The third-order valence-corrected chi connectivity index (χ3v) is 1.39. The molecule has 2 heteroatoms. The number of aliphatic hydroxyl groups excluding tert-OH is 1. The number of hydrogen-bond acceptors (Lipinski definition) is 2. The van der Waals surface area contributed by atoms with Crippen LogP contribution in [0.1, 0.15) is 6.42 Å². The van der Waals surface area contributed by atoms with E-state index in [9.17, 15) is 0 Å². The smallest absolute Gasteiger partial charge is 0.0854 e. The van der Waals surface area contributed by atoms with Gasteiger partial charge in [-0.15, -0.1) is 0 Å². The molecule has 0 unspecified atom stereocenters. The highest BCUT2D eigenvalue weighted by atomic mass is 16.3. The summed E-state index contributed by atoms with van der Waals surface area (Å²) in [5, 5.41) is 11.8. The van der Waals surface area contributed by atoms with Crippen molar-refractivity contribution in [3.8, 4) is 0 Å². The highest BCUT2D eigenvalue weighted by Gasteiger charge is 2.16. The average Bonchev–Trinajstić information content (AvgIpc) is 1.55. The fraction of sp³-hybridized carbons (Fsp3) is 0.667. The van der Waals surface area contributed by atoms with Crippen LogP contribution in [-0.2, 0) is 0 Å². The number of rotatable bonds is 2. The normalized spacial score (nSPS) is 20.0. The molecule has 0 atom stereocenters. The lowest BCUT2D eigenvalue weighted by Crippen LogP contribution is -2.41. The first kappa shape index (κ1) is 5.63. The van der Waals surface area contributed by atoms with E-state index in [1.54, 1.807) is 0 Å². The molecule has 1 heterocycles. The van der Waals surface area contributed by atoms with Gasteiger partial charge in [0.1, 0.15) is 0 Å². The molecule has 1 fully saturated rings. The number of aliphatic hydroxyl groups is 1. The number of hydrogen-bond donors (Lipinski definition) is 2. The molecule has 46 valence electrons. The molecule has 1 saturated heterocycles. The van der Waals surface area contributed by atoms with Crippen molar-refractivity contribution >= 4 is 0 Å². The Kier molecular flexibility index (Phi) is 1.53. The minimum Gasteiger partial charge on any atom is -0.513 e. The fourth-order valence-corrected chi connectivity index (χ4v) is 0.826. The Morgan fingerprint density at radius 2 is 2.38 bits per heavy atom. The molecule has 2 N–H and O–H groups in total. The molecule has 0 spiro atoms. The Morgan fingerprint density at radius 3 is 2.50 bits per heavy atom. The van der Waals surface area contributed by atoms with Crippen LogP contribution in [-0.4, -0.2) is 18.2 Å². The largest absolute Gasteiger partial charge is 0.513 e. The molecule has 2 nitrogen and oxygen atoms in total. The van der Waals surface area contributed by atoms with Gasteiger partial charge < -0.3 is 10.4 Å². The maximum Gasteiger partial charge on any atom is 0.0854 e. The summed E-state index contributed by atoms with van der Waals surface area (Å²) in [5.41, 5.74) is 0. The Balaban J connectivity index is 2.09. The molecule has 0 aliphatic carbocycles. The Labute approximate surface area is 49.2 Å². The average molecular weight is 113 g/mol. The Bertz CT molecular complexity index is 96.7. The number of allylic oxidation sites excluding steroid dienone is 1. The second-order valence-electron chi connectivity index (χ2n) is 2.29. The van der Waals surface area contributed by atoms with Crippen molar-refractivity contribution in [1.82, 2.24) is 5.32 Å². The molecule has 0 aromatic rings. The second kappa shape index (κ2) is 2.18. The third-order valence-electron chi connectivity index (χ3n) is 1.39. The van der Waals surface area contributed by atoms with Crippen molar-refractivity contribution in [2.75, 3.05) is 13.1 Å². The first-order chi connectivity index (χ1) is 3.79. The summed E-state index contributed by atoms with van der Waals surface area (Å²) in [4.78, 5) is 0. The SMILES string of the molecule is C=C(O)CC1CNC1. The van der Waals surface area contributed by atoms with Crippen molar-refractivity contribution in [2.45, 2.75) is 6.42 Å². The molecule has 8 heavy (non-hydrogen) atoms. The van der Waals surface area contributed by atoms with Gasteiger partial charge in [-0.1, -0.05) is 6.58 Å². The zero-order valence-electron chi connectivity index (χ0n) is 4.85. The van der Waals surface area contributed by atoms with Gasteiger partial charge in [0.15, 0.2) is 0 Å². The van der Waals surface area contributed by atoms with E-state index < -0.39 is 0 Å². The highest BCUT2D eigenvalue weighted by Crippen LogP contribution is 2.11. The Morgan fingerprint density at radius 1 is 1.75 bits per heavy atom. The molecule has 1 rings (SSSR count). The zero-order chi connectivity index (χ0) is 5.98. The van der Waals surface area contributed by atoms with Gasteiger partial charge in [-0.25, -0.2) is 0 Å². The van der Waals surface area contributed by atoms with Gasteiger partial charge >= 0.3 is 0 Å². The van der Waals surface area contributed by atoms with Crippen LogP contribution in [0.4, 0.5) is 0 Å². The summed E-state index contributed by atoms with van der Waals surface area (Å²) < 4.78 is 0. The van der Waals surface area contributed by atoms with Crippen molar-refractivity contribution in [2.24, 2.45) is 5.92 Å². The minimum atomic E-state index is 0.316. The van der Waals surface area contributed by atoms with Crippen LogP contribution in [0.2, 0.25) is 0 Å². The van der Waals surface area contributed by atoms with Crippen molar-refractivity contribution in [1.29, 1.82) is 0 Å². The second-order valence-corrected chi connectivity index (χ2v) is 2.29. The molecule has 0 bridgehead atoms. The van der Waals surface area contributed by atoms with E-state index in [2.05, 4.69) is 11.9 Å². The summed E-state index contributed by atoms with van der Waals surface area (Å²) in [7, 11) is 0. The van der Waals surface area contributed by atoms with Gasteiger partial charge in [0.25, 0.3) is 0 Å². The van der Waals surface area contributed by atoms with Crippen molar-refractivity contribution < 1.29 is 5.11 Å². The maximum atomic E-state index is 8.67. The van der Waals surface area contributed by atoms with Crippen molar-refractivity contribution in [3.63, 3.8) is 0 Å². The Hall–Kier alpha value is -0.500. The maximum absolute atomic E-state index is 8.67. The summed E-state index contributed by atoms with van der Waals surface area (Å²) >= 11 is 0. The highest BCUT2D eigenvalue weighted by molar-refractivity contribution is 4.87. The molecule has 0 radical (unpaired) electrons. The third kappa shape index (κ3) is 1.23. The van der Waals surface area contributed by atoms with Gasteiger partial charge in [0, 0.05) is 6.42 Å². The van der Waals surface area contributed by atoms with Gasteiger partial charge in [-0.3, -0.25) is 0 Å². The minimum absolute atomic E-state index is 0.316. The summed E-state index contributed by atoms with van der Waals surface area (Å²) in [6, 6.07) is 0. The topological polar surface area (TPSA) is 32.3 Å². The van der Waals surface area contributed by atoms with E-state index in [-0.39, 0.29) is 0 Å². The van der Waals surface area contributed by atoms with E-state index in [0.717, 1.165) is 19.5 Å². The molecule has 0 saturated carbocycles. The van der Waals surface area contributed by atoms with Crippen LogP contribution in [0.15, 0.2) is 12.3 Å². The van der Waals surface area contributed by atoms with E-state index >= 15 is 0 Å². The van der Waals surface area contributed by atoms with Crippen LogP contribution in [0.5, 0.6) is 0 Å². The van der Waals surface area contributed by atoms with Gasteiger partial charge in [0.05, 0.1) is 5.76 Å². The molecular weight excluding hydrogens is 102 g/mol. The fourth-order valence-electron chi connectivity index (χ4n) is 0.826. The van der Waals surface area contributed by atoms with E-state index in [4.69, 9.17) is 5.11 Å². The predicted octanol–water partition coefficient (Wildman–Crippen LogP) is 0.668. The van der Waals surface area contributed by atoms with Crippen LogP contribution in [0, 0.1) is 5.92 Å². The lowest BCUT2D eigenvalue weighted by molar-refractivity contribution is 0.289. The van der Waals surface area contributed by atoms with Crippen LogP contribution in [0.3, 0.4) is 0 Å². The molecule has 0 aromatic carbocycles. The van der Waals surface area contributed by atoms with Crippen LogP contribution in [0.25, 0.3) is 0 Å².